The van der Waals surface area contributed by atoms with E-state index in [9.17, 15) is 28.2 Å². The molecule has 0 saturated carbocycles. The Kier molecular flexibility index (Phi) is 6.56. The van der Waals surface area contributed by atoms with E-state index in [1.54, 1.807) is 0 Å². The lowest BCUT2D eigenvalue weighted by atomic mass is 10.0. The molecule has 1 amide bonds. The molecule has 2 aliphatic rings. The number of amides is 1. The van der Waals surface area contributed by atoms with E-state index in [4.69, 9.17) is 9.47 Å². The number of aliphatic hydroxyl groups is 2. The van der Waals surface area contributed by atoms with Crippen molar-refractivity contribution in [1.82, 2.24) is 10.2 Å². The molecular weight excluding hydrogens is 381 g/mol. The maximum absolute atomic E-state index is 12.6. The van der Waals surface area contributed by atoms with Crippen LogP contribution < -0.4 is 5.32 Å². The van der Waals surface area contributed by atoms with Gasteiger partial charge in [0.1, 0.15) is 12.2 Å². The van der Waals surface area contributed by atoms with Gasteiger partial charge in [-0.1, -0.05) is 0 Å². The second-order valence-electron chi connectivity index (χ2n) is 6.81. The minimum atomic E-state index is -4.46. The van der Waals surface area contributed by atoms with Gasteiger partial charge in [-0.05, 0) is 24.3 Å². The molecule has 0 unspecified atom stereocenters. The minimum absolute atomic E-state index is 0.0510. The second kappa shape index (κ2) is 8.75. The topological polar surface area (TPSA) is 91.3 Å². The first kappa shape index (κ1) is 21.0. The fraction of sp³-hybridized carbons (Fsp3) is 0.611. The van der Waals surface area contributed by atoms with Gasteiger partial charge in [-0.25, -0.2) is 0 Å². The molecule has 2 aliphatic heterocycles. The maximum atomic E-state index is 12.6. The zero-order valence-corrected chi connectivity index (χ0v) is 15.1. The molecule has 1 aromatic rings. The van der Waals surface area contributed by atoms with E-state index in [0.29, 0.717) is 26.3 Å². The first-order valence-electron chi connectivity index (χ1n) is 9.03. The summed E-state index contributed by atoms with van der Waals surface area (Å²) in [5, 5.41) is 22.5. The molecule has 7 nitrogen and oxygen atoms in total. The highest BCUT2D eigenvalue weighted by Crippen LogP contribution is 2.29. The van der Waals surface area contributed by atoms with Crippen LogP contribution in [0, 0.1) is 0 Å². The van der Waals surface area contributed by atoms with Crippen LogP contribution >= 0.6 is 0 Å². The fourth-order valence-corrected chi connectivity index (χ4v) is 3.58. The summed E-state index contributed by atoms with van der Waals surface area (Å²) < 4.78 is 48.9. The molecular formula is C18H23F3N2O5. The SMILES string of the molecule is O=C(NC[C@@H]1O[C@@H](CO)[C@@H](O)[C@H]1N1CCOCC1)c1ccc(C(F)(F)F)cc1. The average molecular weight is 404 g/mol. The van der Waals surface area contributed by atoms with E-state index in [0.717, 1.165) is 24.3 Å². The van der Waals surface area contributed by atoms with Crippen molar-refractivity contribution in [2.45, 2.75) is 30.5 Å². The number of alkyl halides is 3. The zero-order chi connectivity index (χ0) is 20.3. The molecule has 3 rings (SSSR count). The summed E-state index contributed by atoms with van der Waals surface area (Å²) in [6, 6.07) is 3.50. The monoisotopic (exact) mass is 404 g/mol. The third-order valence-corrected chi connectivity index (χ3v) is 5.05. The van der Waals surface area contributed by atoms with Gasteiger partial charge in [-0.2, -0.15) is 13.2 Å². The largest absolute Gasteiger partial charge is 0.416 e. The number of halogens is 3. The highest BCUT2D eigenvalue weighted by Gasteiger charge is 2.46. The number of aliphatic hydroxyl groups excluding tert-OH is 2. The second-order valence-corrected chi connectivity index (χ2v) is 6.81. The molecule has 2 saturated heterocycles. The summed E-state index contributed by atoms with van der Waals surface area (Å²) in [6.45, 7) is 1.90. The smallest absolute Gasteiger partial charge is 0.394 e. The number of carbonyl (C=O) groups excluding carboxylic acids is 1. The van der Waals surface area contributed by atoms with Gasteiger partial charge in [0, 0.05) is 25.2 Å². The lowest BCUT2D eigenvalue weighted by Gasteiger charge is -2.36. The van der Waals surface area contributed by atoms with Gasteiger partial charge in [0.25, 0.3) is 5.91 Å². The molecule has 10 heteroatoms. The molecule has 0 bridgehead atoms. The average Bonchev–Trinajstić information content (AvgIpc) is 3.01. The minimum Gasteiger partial charge on any atom is -0.394 e. The van der Waals surface area contributed by atoms with Crippen LogP contribution in [0.4, 0.5) is 13.2 Å². The van der Waals surface area contributed by atoms with E-state index in [-0.39, 0.29) is 18.7 Å². The van der Waals surface area contributed by atoms with Crippen molar-refractivity contribution in [3.63, 3.8) is 0 Å². The predicted molar refractivity (Wildman–Crippen MR) is 91.7 cm³/mol. The Hall–Kier alpha value is -1.72. The third-order valence-electron chi connectivity index (χ3n) is 5.05. The first-order valence-corrected chi connectivity index (χ1v) is 9.03. The predicted octanol–water partition coefficient (Wildman–Crippen LogP) is 0.257. The molecule has 2 fully saturated rings. The van der Waals surface area contributed by atoms with Crippen LogP contribution in [0.2, 0.25) is 0 Å². The molecule has 0 aliphatic carbocycles. The fourth-order valence-electron chi connectivity index (χ4n) is 3.58. The van der Waals surface area contributed by atoms with Gasteiger partial charge in [-0.3, -0.25) is 9.69 Å². The normalized spacial score (nSPS) is 29.0. The number of hydrogen-bond acceptors (Lipinski definition) is 6. The van der Waals surface area contributed by atoms with Crippen molar-refractivity contribution in [3.05, 3.63) is 35.4 Å². The van der Waals surface area contributed by atoms with Crippen molar-refractivity contribution in [3.8, 4) is 0 Å². The van der Waals surface area contributed by atoms with Gasteiger partial charge in [-0.15, -0.1) is 0 Å². The molecule has 0 radical (unpaired) electrons. The van der Waals surface area contributed by atoms with E-state index >= 15 is 0 Å². The third kappa shape index (κ3) is 4.64. The molecule has 0 spiro atoms. The molecule has 28 heavy (non-hydrogen) atoms. The van der Waals surface area contributed by atoms with Gasteiger partial charge in [0.15, 0.2) is 0 Å². The lowest BCUT2D eigenvalue weighted by molar-refractivity contribution is -0.137. The van der Waals surface area contributed by atoms with Crippen LogP contribution in [0.15, 0.2) is 24.3 Å². The van der Waals surface area contributed by atoms with Crippen molar-refractivity contribution in [2.24, 2.45) is 0 Å². The molecule has 156 valence electrons. The lowest BCUT2D eigenvalue weighted by Crippen LogP contribution is -2.54. The van der Waals surface area contributed by atoms with Crippen molar-refractivity contribution < 1.29 is 37.7 Å². The molecule has 0 aromatic heterocycles. The van der Waals surface area contributed by atoms with Gasteiger partial charge in [0.2, 0.25) is 0 Å². The summed E-state index contributed by atoms with van der Waals surface area (Å²) in [5.41, 5.74) is -0.738. The zero-order valence-electron chi connectivity index (χ0n) is 15.1. The standard InChI is InChI=1S/C18H23F3N2O5/c19-18(20,21)12-3-1-11(2-4-12)17(26)22-9-13-15(16(25)14(10-24)28-13)23-5-7-27-8-6-23/h1-4,13-16,24-25H,5-10H2,(H,22,26)/t13-,14-,15-,16+/m0/s1. The van der Waals surface area contributed by atoms with Gasteiger partial charge < -0.3 is 25.0 Å². The Labute approximate surface area is 160 Å². The highest BCUT2D eigenvalue weighted by atomic mass is 19.4. The number of nitrogens with one attached hydrogen (secondary N) is 1. The number of nitrogens with zero attached hydrogens (tertiary/aromatic N) is 1. The van der Waals surface area contributed by atoms with E-state index in [2.05, 4.69) is 5.32 Å². The summed E-state index contributed by atoms with van der Waals surface area (Å²) in [6.07, 6.45) is -6.71. The number of carbonyl (C=O) groups is 1. The number of benzene rings is 1. The Morgan fingerprint density at radius 2 is 1.82 bits per heavy atom. The van der Waals surface area contributed by atoms with Crippen molar-refractivity contribution in [1.29, 1.82) is 0 Å². The number of morpholine rings is 1. The summed E-state index contributed by atoms with van der Waals surface area (Å²) in [4.78, 5) is 14.3. The molecule has 1 aromatic carbocycles. The molecule has 2 heterocycles. The Bertz CT molecular complexity index is 664. The van der Waals surface area contributed by atoms with Gasteiger partial charge in [0.05, 0.1) is 37.5 Å². The van der Waals surface area contributed by atoms with Crippen LogP contribution in [0.3, 0.4) is 0 Å². The van der Waals surface area contributed by atoms with E-state index in [1.807, 2.05) is 4.90 Å². The van der Waals surface area contributed by atoms with Crippen LogP contribution in [0.1, 0.15) is 15.9 Å². The van der Waals surface area contributed by atoms with Crippen LogP contribution in [-0.4, -0.2) is 84.8 Å². The van der Waals surface area contributed by atoms with Crippen LogP contribution in [0.5, 0.6) is 0 Å². The maximum Gasteiger partial charge on any atom is 0.416 e. The van der Waals surface area contributed by atoms with Crippen molar-refractivity contribution >= 4 is 5.91 Å². The summed E-state index contributed by atoms with van der Waals surface area (Å²) in [7, 11) is 0. The van der Waals surface area contributed by atoms with Crippen LogP contribution in [0.25, 0.3) is 0 Å². The van der Waals surface area contributed by atoms with Gasteiger partial charge >= 0.3 is 6.18 Å². The summed E-state index contributed by atoms with van der Waals surface area (Å²) >= 11 is 0. The quantitative estimate of drug-likeness (QED) is 0.652. The molecule has 3 N–H and O–H groups in total. The Morgan fingerprint density at radius 3 is 2.39 bits per heavy atom. The van der Waals surface area contributed by atoms with Crippen molar-refractivity contribution in [2.75, 3.05) is 39.5 Å². The van der Waals surface area contributed by atoms with E-state index < -0.39 is 42.0 Å². The van der Waals surface area contributed by atoms with E-state index in [1.165, 1.54) is 0 Å². The number of rotatable bonds is 5. The Morgan fingerprint density at radius 1 is 1.18 bits per heavy atom. The number of hydrogen-bond donors (Lipinski definition) is 3. The molecule has 4 atom stereocenters. The van der Waals surface area contributed by atoms with Crippen LogP contribution in [-0.2, 0) is 15.7 Å². The Balaban J connectivity index is 1.63. The number of ether oxygens (including phenoxy) is 2. The highest BCUT2D eigenvalue weighted by molar-refractivity contribution is 5.94. The summed E-state index contributed by atoms with van der Waals surface area (Å²) in [5.74, 6) is -0.542. The first-order chi connectivity index (χ1) is 13.3.